The van der Waals surface area contributed by atoms with Crippen LogP contribution in [0.1, 0.15) is 49.4 Å². The number of nitrogens with zero attached hydrogens (tertiary/aromatic N) is 3. The van der Waals surface area contributed by atoms with Gasteiger partial charge in [-0.05, 0) is 25.8 Å². The third kappa shape index (κ3) is 3.65. The van der Waals surface area contributed by atoms with Crippen LogP contribution in [0, 0.1) is 6.92 Å². The van der Waals surface area contributed by atoms with Gasteiger partial charge in [0.1, 0.15) is 5.75 Å². The molecule has 0 bridgehead atoms. The second kappa shape index (κ2) is 6.92. The van der Waals surface area contributed by atoms with E-state index in [0.29, 0.717) is 36.6 Å². The van der Waals surface area contributed by atoms with Gasteiger partial charge < -0.3 is 9.63 Å². The number of hydrogen-bond acceptors (Lipinski definition) is 5. The molecule has 1 aliphatic carbocycles. The lowest BCUT2D eigenvalue weighted by Crippen LogP contribution is -2.36. The number of aryl methyl sites for hydroxylation is 1. The Hall–Kier alpha value is -1.88. The van der Waals surface area contributed by atoms with E-state index in [9.17, 15) is 5.11 Å². The second-order valence-corrected chi connectivity index (χ2v) is 6.06. The first kappa shape index (κ1) is 15.0. The maximum absolute atomic E-state index is 10.0. The fraction of sp³-hybridized carbons (Fsp3) is 0.529. The van der Waals surface area contributed by atoms with Crippen LogP contribution in [0.3, 0.4) is 0 Å². The molecule has 1 heterocycles. The third-order valence-electron chi connectivity index (χ3n) is 4.36. The number of aromatic nitrogens is 2. The summed E-state index contributed by atoms with van der Waals surface area (Å²) in [6.07, 6.45) is 6.25. The van der Waals surface area contributed by atoms with Crippen LogP contribution in [-0.2, 0) is 13.1 Å². The Kier molecular flexibility index (Phi) is 4.73. The quantitative estimate of drug-likeness (QED) is 0.917. The lowest BCUT2D eigenvalue weighted by Gasteiger charge is -2.33. The molecular formula is C17H23N3O2. The Morgan fingerprint density at radius 3 is 2.64 bits per heavy atom. The van der Waals surface area contributed by atoms with Gasteiger partial charge in [0.2, 0.25) is 5.89 Å². The van der Waals surface area contributed by atoms with E-state index in [1.54, 1.807) is 6.07 Å². The molecule has 0 aliphatic heterocycles. The molecule has 5 heteroatoms. The minimum absolute atomic E-state index is 0.352. The van der Waals surface area contributed by atoms with Crippen molar-refractivity contribution >= 4 is 0 Å². The molecule has 0 radical (unpaired) electrons. The van der Waals surface area contributed by atoms with Gasteiger partial charge in [-0.15, -0.1) is 0 Å². The molecule has 0 atom stereocenters. The Morgan fingerprint density at radius 1 is 1.18 bits per heavy atom. The average Bonchev–Trinajstić information content (AvgIpc) is 2.95. The molecule has 1 aromatic heterocycles. The average molecular weight is 301 g/mol. The highest BCUT2D eigenvalue weighted by atomic mass is 16.5. The van der Waals surface area contributed by atoms with E-state index in [1.165, 1.54) is 32.1 Å². The number of para-hydroxylation sites is 1. The van der Waals surface area contributed by atoms with Crippen LogP contribution in [0.25, 0.3) is 0 Å². The van der Waals surface area contributed by atoms with Gasteiger partial charge in [0.05, 0.1) is 6.54 Å². The highest BCUT2D eigenvalue weighted by Crippen LogP contribution is 2.27. The number of rotatable bonds is 5. The molecule has 2 aromatic rings. The van der Waals surface area contributed by atoms with Gasteiger partial charge in [-0.1, -0.05) is 42.6 Å². The van der Waals surface area contributed by atoms with E-state index in [1.807, 2.05) is 25.1 Å². The summed E-state index contributed by atoms with van der Waals surface area (Å²) in [5.74, 6) is 1.67. The molecule has 3 rings (SSSR count). The Bertz CT molecular complexity index is 605. The van der Waals surface area contributed by atoms with Crippen molar-refractivity contribution in [3.8, 4) is 5.75 Å². The summed E-state index contributed by atoms with van der Waals surface area (Å²) in [7, 11) is 0. The monoisotopic (exact) mass is 301 g/mol. The molecule has 0 saturated heterocycles. The fourth-order valence-corrected chi connectivity index (χ4v) is 3.20. The third-order valence-corrected chi connectivity index (χ3v) is 4.36. The zero-order valence-electron chi connectivity index (χ0n) is 13.0. The van der Waals surface area contributed by atoms with Crippen molar-refractivity contribution in [3.05, 3.63) is 41.5 Å². The van der Waals surface area contributed by atoms with Crippen molar-refractivity contribution in [1.82, 2.24) is 15.0 Å². The predicted octanol–water partition coefficient (Wildman–Crippen LogP) is 3.42. The molecule has 1 aliphatic rings. The fourth-order valence-electron chi connectivity index (χ4n) is 3.20. The summed E-state index contributed by atoms with van der Waals surface area (Å²) in [6, 6.07) is 8.05. The zero-order chi connectivity index (χ0) is 15.4. The number of aromatic hydroxyl groups is 1. The van der Waals surface area contributed by atoms with Crippen LogP contribution in [0.5, 0.6) is 5.75 Å². The molecule has 0 unspecified atom stereocenters. The zero-order valence-corrected chi connectivity index (χ0v) is 13.0. The Balaban J connectivity index is 1.77. The van der Waals surface area contributed by atoms with Crippen LogP contribution >= 0.6 is 0 Å². The van der Waals surface area contributed by atoms with Crippen LogP contribution in [0.4, 0.5) is 0 Å². The molecule has 0 spiro atoms. The molecular weight excluding hydrogens is 278 g/mol. The number of phenols is 1. The highest BCUT2D eigenvalue weighted by molar-refractivity contribution is 5.31. The van der Waals surface area contributed by atoms with E-state index >= 15 is 0 Å². The van der Waals surface area contributed by atoms with Crippen LogP contribution in [-0.4, -0.2) is 26.2 Å². The Morgan fingerprint density at radius 2 is 1.95 bits per heavy atom. The maximum atomic E-state index is 10.0. The van der Waals surface area contributed by atoms with E-state index in [0.717, 1.165) is 5.56 Å². The maximum Gasteiger partial charge on any atom is 0.240 e. The first-order valence-electron chi connectivity index (χ1n) is 8.02. The summed E-state index contributed by atoms with van der Waals surface area (Å²) in [6.45, 7) is 3.18. The lowest BCUT2D eigenvalue weighted by molar-refractivity contribution is 0.123. The van der Waals surface area contributed by atoms with E-state index in [2.05, 4.69) is 15.0 Å². The van der Waals surface area contributed by atoms with Gasteiger partial charge in [-0.3, -0.25) is 4.90 Å². The molecule has 1 saturated carbocycles. The smallest absolute Gasteiger partial charge is 0.240 e. The summed E-state index contributed by atoms with van der Waals surface area (Å²) < 4.78 is 5.29. The summed E-state index contributed by atoms with van der Waals surface area (Å²) >= 11 is 0. The highest BCUT2D eigenvalue weighted by Gasteiger charge is 2.24. The number of hydrogen-bond donors (Lipinski definition) is 1. The van der Waals surface area contributed by atoms with E-state index in [-0.39, 0.29) is 0 Å². The first-order valence-corrected chi connectivity index (χ1v) is 8.02. The van der Waals surface area contributed by atoms with Crippen molar-refractivity contribution in [3.63, 3.8) is 0 Å². The van der Waals surface area contributed by atoms with Crippen molar-refractivity contribution in [2.45, 2.75) is 58.2 Å². The molecule has 1 fully saturated rings. The molecule has 1 N–H and O–H groups in total. The van der Waals surface area contributed by atoms with Gasteiger partial charge in [0.15, 0.2) is 5.82 Å². The van der Waals surface area contributed by atoms with Crippen LogP contribution in [0.15, 0.2) is 28.8 Å². The normalized spacial score (nSPS) is 16.3. The molecule has 118 valence electrons. The predicted molar refractivity (Wildman–Crippen MR) is 83.3 cm³/mol. The Labute approximate surface area is 131 Å². The summed E-state index contributed by atoms with van der Waals surface area (Å²) in [4.78, 5) is 6.69. The summed E-state index contributed by atoms with van der Waals surface area (Å²) in [5, 5.41) is 13.9. The topological polar surface area (TPSA) is 62.4 Å². The van der Waals surface area contributed by atoms with Gasteiger partial charge in [-0.25, -0.2) is 0 Å². The van der Waals surface area contributed by atoms with Crippen LogP contribution in [0.2, 0.25) is 0 Å². The van der Waals surface area contributed by atoms with Gasteiger partial charge in [0, 0.05) is 18.2 Å². The van der Waals surface area contributed by atoms with E-state index in [4.69, 9.17) is 4.52 Å². The molecule has 22 heavy (non-hydrogen) atoms. The van der Waals surface area contributed by atoms with Crippen molar-refractivity contribution < 1.29 is 9.63 Å². The number of benzene rings is 1. The minimum Gasteiger partial charge on any atom is -0.508 e. The summed E-state index contributed by atoms with van der Waals surface area (Å²) in [5.41, 5.74) is 0.948. The van der Waals surface area contributed by atoms with Gasteiger partial charge in [0.25, 0.3) is 0 Å². The minimum atomic E-state index is 0.352. The van der Waals surface area contributed by atoms with Crippen LogP contribution < -0.4 is 0 Å². The van der Waals surface area contributed by atoms with Gasteiger partial charge in [-0.2, -0.15) is 4.98 Å². The van der Waals surface area contributed by atoms with Crippen molar-refractivity contribution in [1.29, 1.82) is 0 Å². The van der Waals surface area contributed by atoms with E-state index < -0.39 is 0 Å². The van der Waals surface area contributed by atoms with Crippen molar-refractivity contribution in [2.24, 2.45) is 0 Å². The standard InChI is InChI=1S/C17H23N3O2/c1-13-18-17(22-19-13)12-20(15-8-3-2-4-9-15)11-14-7-5-6-10-16(14)21/h5-7,10,15,21H,2-4,8-9,11-12H2,1H3. The van der Waals surface area contributed by atoms with Gasteiger partial charge >= 0.3 is 0 Å². The number of phenolic OH excluding ortho intramolecular Hbond substituents is 1. The largest absolute Gasteiger partial charge is 0.508 e. The molecule has 5 nitrogen and oxygen atoms in total. The molecule has 1 aromatic carbocycles. The molecule has 0 amide bonds. The first-order chi connectivity index (χ1) is 10.7. The van der Waals surface area contributed by atoms with Crippen molar-refractivity contribution in [2.75, 3.05) is 0 Å². The SMILES string of the molecule is Cc1noc(CN(Cc2ccccc2O)C2CCCCC2)n1. The lowest BCUT2D eigenvalue weighted by atomic mass is 9.93. The second-order valence-electron chi connectivity index (χ2n) is 6.06.